The summed E-state index contributed by atoms with van der Waals surface area (Å²) in [5, 5.41) is 0.721. The lowest BCUT2D eigenvalue weighted by atomic mass is 10.2. The summed E-state index contributed by atoms with van der Waals surface area (Å²) >= 11 is 6.03. The van der Waals surface area contributed by atoms with Crippen LogP contribution < -0.4 is 10.6 Å². The number of halogens is 1. The molecule has 0 bridgehead atoms. The van der Waals surface area contributed by atoms with Crippen molar-refractivity contribution >= 4 is 29.0 Å². The molecule has 1 aromatic heterocycles. The molecule has 1 aromatic carbocycles. The maximum Gasteiger partial charge on any atom is 0.257 e. The van der Waals surface area contributed by atoms with Crippen molar-refractivity contribution < 1.29 is 4.79 Å². The number of pyridine rings is 1. The summed E-state index contributed by atoms with van der Waals surface area (Å²) in [6.07, 6.45) is 1.59. The lowest BCUT2D eigenvalue weighted by Gasteiger charge is -2.36. The lowest BCUT2D eigenvalue weighted by molar-refractivity contribution is 0.0747. The van der Waals surface area contributed by atoms with E-state index in [1.165, 1.54) is 0 Å². The molecule has 0 saturated carbocycles. The zero-order chi connectivity index (χ0) is 15.5. The normalized spacial score (nSPS) is 15.0. The molecule has 1 aliphatic heterocycles. The Labute approximate surface area is 134 Å². The van der Waals surface area contributed by atoms with E-state index < -0.39 is 0 Å². The van der Waals surface area contributed by atoms with E-state index in [-0.39, 0.29) is 11.7 Å². The van der Waals surface area contributed by atoms with Crippen molar-refractivity contribution in [2.24, 2.45) is 0 Å². The number of hydrogen-bond acceptors (Lipinski definition) is 4. The number of piperazine rings is 1. The van der Waals surface area contributed by atoms with Crippen molar-refractivity contribution in [2.75, 3.05) is 36.8 Å². The highest BCUT2D eigenvalue weighted by Gasteiger charge is 2.23. The first-order chi connectivity index (χ1) is 10.6. The Bertz CT molecular complexity index is 683. The van der Waals surface area contributed by atoms with E-state index in [1.807, 2.05) is 29.2 Å². The highest BCUT2D eigenvalue weighted by molar-refractivity contribution is 6.30. The number of carbonyl (C=O) groups excluding carboxylic acids is 1. The molecule has 0 atom stereocenters. The number of hydrogen-bond donors (Lipinski definition) is 1. The predicted molar refractivity (Wildman–Crippen MR) is 88.2 cm³/mol. The number of aromatic nitrogens is 1. The number of rotatable bonds is 2. The third kappa shape index (κ3) is 2.99. The highest BCUT2D eigenvalue weighted by Crippen LogP contribution is 2.21. The first kappa shape index (κ1) is 14.7. The summed E-state index contributed by atoms with van der Waals surface area (Å²) in [7, 11) is 0. The number of benzene rings is 1. The molecule has 3 rings (SSSR count). The lowest BCUT2D eigenvalue weighted by Crippen LogP contribution is -2.49. The van der Waals surface area contributed by atoms with Crippen LogP contribution in [0, 0.1) is 0 Å². The fourth-order valence-corrected chi connectivity index (χ4v) is 2.79. The second-order valence-corrected chi connectivity index (χ2v) is 5.63. The number of carbonyl (C=O) groups is 1. The van der Waals surface area contributed by atoms with Gasteiger partial charge in [0.2, 0.25) is 0 Å². The predicted octanol–water partition coefficient (Wildman–Crippen LogP) is 2.28. The fourth-order valence-electron chi connectivity index (χ4n) is 2.61. The molecule has 2 heterocycles. The van der Waals surface area contributed by atoms with Crippen molar-refractivity contribution in [1.82, 2.24) is 9.88 Å². The Morgan fingerprint density at radius 1 is 1.14 bits per heavy atom. The molecule has 2 N–H and O–H groups in total. The monoisotopic (exact) mass is 316 g/mol. The Kier molecular flexibility index (Phi) is 4.15. The molecule has 0 spiro atoms. The molecule has 22 heavy (non-hydrogen) atoms. The smallest absolute Gasteiger partial charge is 0.257 e. The Hall–Kier alpha value is -2.27. The van der Waals surface area contributed by atoms with E-state index in [2.05, 4.69) is 9.88 Å². The first-order valence-corrected chi connectivity index (χ1v) is 7.53. The maximum absolute atomic E-state index is 12.5. The van der Waals surface area contributed by atoms with Crippen LogP contribution in [0.3, 0.4) is 0 Å². The molecule has 0 unspecified atom stereocenters. The molecule has 5 nitrogen and oxygen atoms in total. The molecule has 1 saturated heterocycles. The van der Waals surface area contributed by atoms with Crippen LogP contribution in [0.2, 0.25) is 5.02 Å². The Morgan fingerprint density at radius 2 is 1.91 bits per heavy atom. The average molecular weight is 317 g/mol. The van der Waals surface area contributed by atoms with Crippen LogP contribution in [0.5, 0.6) is 0 Å². The Balaban J connectivity index is 1.67. The molecule has 2 aromatic rings. The van der Waals surface area contributed by atoms with Gasteiger partial charge in [-0.25, -0.2) is 4.98 Å². The number of anilines is 2. The quantitative estimate of drug-likeness (QED) is 0.923. The van der Waals surface area contributed by atoms with Crippen LogP contribution in [0.25, 0.3) is 0 Å². The third-order valence-electron chi connectivity index (χ3n) is 3.81. The van der Waals surface area contributed by atoms with Crippen molar-refractivity contribution in [3.05, 3.63) is 53.2 Å². The van der Waals surface area contributed by atoms with Gasteiger partial charge in [0.25, 0.3) is 5.91 Å². The van der Waals surface area contributed by atoms with Gasteiger partial charge in [-0.15, -0.1) is 0 Å². The molecule has 0 aliphatic carbocycles. The van der Waals surface area contributed by atoms with E-state index in [0.717, 1.165) is 23.8 Å². The SMILES string of the molecule is Nc1ncccc1C(=O)N1CCN(c2cccc(Cl)c2)CC1. The van der Waals surface area contributed by atoms with Gasteiger partial charge in [-0.2, -0.15) is 0 Å². The number of nitrogen functional groups attached to an aromatic ring is 1. The van der Waals surface area contributed by atoms with E-state index in [4.69, 9.17) is 17.3 Å². The van der Waals surface area contributed by atoms with Crippen LogP contribution in [0.15, 0.2) is 42.6 Å². The van der Waals surface area contributed by atoms with E-state index in [1.54, 1.807) is 18.3 Å². The molecule has 1 fully saturated rings. The highest BCUT2D eigenvalue weighted by atomic mass is 35.5. The van der Waals surface area contributed by atoms with Gasteiger partial charge in [-0.1, -0.05) is 17.7 Å². The zero-order valence-electron chi connectivity index (χ0n) is 12.1. The van der Waals surface area contributed by atoms with Crippen molar-refractivity contribution in [3.8, 4) is 0 Å². The van der Waals surface area contributed by atoms with Crippen LogP contribution >= 0.6 is 11.6 Å². The second-order valence-electron chi connectivity index (χ2n) is 5.20. The van der Waals surface area contributed by atoms with Gasteiger partial charge in [-0.3, -0.25) is 4.79 Å². The summed E-state index contributed by atoms with van der Waals surface area (Å²) in [5.41, 5.74) is 7.33. The minimum atomic E-state index is -0.0589. The summed E-state index contributed by atoms with van der Waals surface area (Å²) in [5.74, 6) is 0.223. The Morgan fingerprint density at radius 3 is 2.59 bits per heavy atom. The van der Waals surface area contributed by atoms with Gasteiger partial charge in [-0.05, 0) is 30.3 Å². The fraction of sp³-hybridized carbons (Fsp3) is 0.250. The van der Waals surface area contributed by atoms with Crippen molar-refractivity contribution in [2.45, 2.75) is 0 Å². The maximum atomic E-state index is 12.5. The van der Waals surface area contributed by atoms with Crippen LogP contribution in [0.4, 0.5) is 11.5 Å². The van der Waals surface area contributed by atoms with Gasteiger partial charge in [0.05, 0.1) is 5.56 Å². The molecule has 6 heteroatoms. The van der Waals surface area contributed by atoms with E-state index in [0.29, 0.717) is 18.7 Å². The molecule has 1 amide bonds. The largest absolute Gasteiger partial charge is 0.383 e. The van der Waals surface area contributed by atoms with Crippen LogP contribution in [-0.2, 0) is 0 Å². The zero-order valence-corrected chi connectivity index (χ0v) is 12.8. The summed E-state index contributed by atoms with van der Waals surface area (Å²) in [4.78, 5) is 20.5. The van der Waals surface area contributed by atoms with Gasteiger partial charge < -0.3 is 15.5 Å². The van der Waals surface area contributed by atoms with E-state index >= 15 is 0 Å². The average Bonchev–Trinajstić information content (AvgIpc) is 2.55. The molecule has 114 valence electrons. The summed E-state index contributed by atoms with van der Waals surface area (Å²) in [6, 6.07) is 11.2. The van der Waals surface area contributed by atoms with Crippen molar-refractivity contribution in [1.29, 1.82) is 0 Å². The van der Waals surface area contributed by atoms with Crippen molar-refractivity contribution in [3.63, 3.8) is 0 Å². The van der Waals surface area contributed by atoms with Crippen LogP contribution in [0.1, 0.15) is 10.4 Å². The minimum absolute atomic E-state index is 0.0589. The molecular formula is C16H17ClN4O. The standard InChI is InChI=1S/C16H17ClN4O/c17-12-3-1-4-13(11-12)20-7-9-21(10-8-20)16(22)14-5-2-6-19-15(14)18/h1-6,11H,7-10H2,(H2,18,19). The van der Waals surface area contributed by atoms with Gasteiger partial charge in [0.15, 0.2) is 0 Å². The summed E-state index contributed by atoms with van der Waals surface area (Å²) < 4.78 is 0. The number of amides is 1. The van der Waals surface area contributed by atoms with Gasteiger partial charge in [0, 0.05) is 43.1 Å². The molecular weight excluding hydrogens is 300 g/mol. The summed E-state index contributed by atoms with van der Waals surface area (Å²) in [6.45, 7) is 2.85. The second kappa shape index (κ2) is 6.23. The molecule has 0 radical (unpaired) electrons. The van der Waals surface area contributed by atoms with E-state index in [9.17, 15) is 4.79 Å². The first-order valence-electron chi connectivity index (χ1n) is 7.15. The van der Waals surface area contributed by atoms with Gasteiger partial charge in [0.1, 0.15) is 5.82 Å². The van der Waals surface area contributed by atoms with Gasteiger partial charge >= 0.3 is 0 Å². The number of nitrogens with zero attached hydrogens (tertiary/aromatic N) is 3. The molecule has 1 aliphatic rings. The number of nitrogens with two attached hydrogens (primary N) is 1. The third-order valence-corrected chi connectivity index (χ3v) is 4.04. The van der Waals surface area contributed by atoms with Crippen LogP contribution in [-0.4, -0.2) is 42.0 Å². The minimum Gasteiger partial charge on any atom is -0.383 e. The topological polar surface area (TPSA) is 62.5 Å².